The topological polar surface area (TPSA) is 108 Å². The van der Waals surface area contributed by atoms with Crippen molar-refractivity contribution in [1.29, 1.82) is 0 Å². The van der Waals surface area contributed by atoms with Gasteiger partial charge in [-0.3, -0.25) is 9.59 Å². The van der Waals surface area contributed by atoms with Gasteiger partial charge in [-0.1, -0.05) is 37.8 Å². The maximum atomic E-state index is 13.7. The van der Waals surface area contributed by atoms with Crippen LogP contribution in [0, 0.1) is 12.3 Å². The Kier molecular flexibility index (Phi) is 11.3. The van der Waals surface area contributed by atoms with Crippen LogP contribution >= 0.6 is 0 Å². The average molecular weight is 488 g/mol. The second-order valence-corrected chi connectivity index (χ2v) is 10.4. The molecule has 1 aromatic rings. The number of nitrogens with zero attached hydrogens (tertiary/aromatic N) is 1. The molecule has 2 unspecified atom stereocenters. The lowest BCUT2D eigenvalue weighted by Crippen LogP contribution is -2.59. The van der Waals surface area contributed by atoms with E-state index in [1.165, 1.54) is 4.90 Å². The quantitative estimate of drug-likeness (QED) is 0.346. The van der Waals surface area contributed by atoms with Gasteiger partial charge in [-0.05, 0) is 65.7 Å². The fourth-order valence-corrected chi connectivity index (χ4v) is 3.51. The zero-order chi connectivity index (χ0) is 26.8. The first-order valence-corrected chi connectivity index (χ1v) is 12.0. The minimum atomic E-state index is -1.30. The number of nitrogens with one attached hydrogen (secondary N) is 2. The van der Waals surface area contributed by atoms with E-state index in [2.05, 4.69) is 23.5 Å². The molecule has 3 N–H and O–H groups in total. The molecule has 194 valence electrons. The van der Waals surface area contributed by atoms with E-state index in [9.17, 15) is 19.5 Å². The highest BCUT2D eigenvalue weighted by molar-refractivity contribution is 5.92. The molecular formula is C27H41N3O5. The molecule has 8 nitrogen and oxygen atoms in total. The second kappa shape index (κ2) is 13.1. The number of aliphatic hydroxyl groups excluding tert-OH is 1. The third-order valence-electron chi connectivity index (χ3n) is 5.11. The normalized spacial score (nSPS) is 13.2. The number of rotatable bonds is 10. The van der Waals surface area contributed by atoms with Crippen LogP contribution in [-0.2, 0) is 14.3 Å². The molecule has 35 heavy (non-hydrogen) atoms. The smallest absolute Gasteiger partial charge is 0.408 e. The molecule has 0 heterocycles. The number of ether oxygens (including phenoxy) is 1. The van der Waals surface area contributed by atoms with Crippen molar-refractivity contribution in [3.8, 4) is 12.3 Å². The third-order valence-corrected chi connectivity index (χ3v) is 5.11. The summed E-state index contributed by atoms with van der Waals surface area (Å²) in [5.41, 5.74) is -0.411. The molecule has 0 aliphatic heterocycles. The van der Waals surface area contributed by atoms with E-state index >= 15 is 0 Å². The lowest BCUT2D eigenvalue weighted by atomic mass is 9.95. The first-order valence-electron chi connectivity index (χ1n) is 12.0. The first kappa shape index (κ1) is 30.0. The van der Waals surface area contributed by atoms with Gasteiger partial charge in [0, 0.05) is 17.6 Å². The summed E-state index contributed by atoms with van der Waals surface area (Å²) in [6, 6.07) is 4.54. The Morgan fingerprint density at radius 3 is 2.14 bits per heavy atom. The van der Waals surface area contributed by atoms with Crippen LogP contribution in [0.4, 0.5) is 4.79 Å². The number of aliphatic hydroxyl groups is 1. The number of benzene rings is 1. The van der Waals surface area contributed by atoms with Crippen LogP contribution in [0.1, 0.15) is 84.9 Å². The van der Waals surface area contributed by atoms with Crippen molar-refractivity contribution in [2.45, 2.75) is 91.0 Å². The van der Waals surface area contributed by atoms with Gasteiger partial charge in [-0.2, -0.15) is 0 Å². The third kappa shape index (κ3) is 9.61. The summed E-state index contributed by atoms with van der Waals surface area (Å²) in [4.78, 5) is 40.9. The van der Waals surface area contributed by atoms with Gasteiger partial charge in [0.15, 0.2) is 0 Å². The van der Waals surface area contributed by atoms with E-state index in [0.29, 0.717) is 17.7 Å². The van der Waals surface area contributed by atoms with Crippen LogP contribution in [0.15, 0.2) is 24.3 Å². The first-order chi connectivity index (χ1) is 16.2. The van der Waals surface area contributed by atoms with Gasteiger partial charge >= 0.3 is 6.09 Å². The summed E-state index contributed by atoms with van der Waals surface area (Å²) in [7, 11) is 0. The number of alkyl carbamates (subject to hydrolysis) is 1. The zero-order valence-electron chi connectivity index (χ0n) is 22.1. The van der Waals surface area contributed by atoms with Crippen LogP contribution in [-0.4, -0.2) is 58.2 Å². The van der Waals surface area contributed by atoms with E-state index in [-0.39, 0.29) is 5.91 Å². The summed E-state index contributed by atoms with van der Waals surface area (Å²) in [6.45, 7) is 12.3. The number of unbranched alkanes of at least 4 members (excludes halogenated alkanes) is 2. The highest BCUT2D eigenvalue weighted by atomic mass is 16.6. The van der Waals surface area contributed by atoms with E-state index in [4.69, 9.17) is 11.2 Å². The molecule has 8 heteroatoms. The summed E-state index contributed by atoms with van der Waals surface area (Å²) in [5.74, 6) is 1.58. The molecule has 0 spiro atoms. The van der Waals surface area contributed by atoms with Crippen LogP contribution < -0.4 is 10.6 Å². The fourth-order valence-electron chi connectivity index (χ4n) is 3.51. The van der Waals surface area contributed by atoms with Gasteiger partial charge in [0.1, 0.15) is 17.7 Å². The Morgan fingerprint density at radius 1 is 1.09 bits per heavy atom. The highest BCUT2D eigenvalue weighted by Gasteiger charge is 2.41. The van der Waals surface area contributed by atoms with Gasteiger partial charge in [-0.25, -0.2) is 4.79 Å². The van der Waals surface area contributed by atoms with Crippen molar-refractivity contribution in [2.75, 3.05) is 13.2 Å². The van der Waals surface area contributed by atoms with Gasteiger partial charge in [0.05, 0.1) is 6.61 Å². The number of hydrogen-bond acceptors (Lipinski definition) is 5. The minimum absolute atomic E-state index is 0.355. The standard InChI is InChI=1S/C27H41N3O5/c1-9-11-12-17-28-23(32)22(20-15-13-19(10-2)14-16-20)30(26(3,4)5)24(33)21(18-31)29-25(34)35-27(6,7)8/h2,13-16,21-22,31H,9,11-12,17-18H2,1,3-8H3,(H,28,32)(H,29,34). The van der Waals surface area contributed by atoms with E-state index in [0.717, 1.165) is 19.3 Å². The van der Waals surface area contributed by atoms with Gasteiger partial charge in [-0.15, -0.1) is 6.42 Å². The molecule has 0 fully saturated rings. The van der Waals surface area contributed by atoms with Crippen molar-refractivity contribution >= 4 is 17.9 Å². The van der Waals surface area contributed by atoms with Gasteiger partial charge in [0.25, 0.3) is 0 Å². The maximum Gasteiger partial charge on any atom is 0.408 e. The van der Waals surface area contributed by atoms with Crippen molar-refractivity contribution in [3.05, 3.63) is 35.4 Å². The molecule has 3 amide bonds. The SMILES string of the molecule is C#Cc1ccc(C(C(=O)NCCCCC)N(C(=O)C(CO)NC(=O)OC(C)(C)C)C(C)(C)C)cc1. The van der Waals surface area contributed by atoms with E-state index < -0.39 is 41.8 Å². The van der Waals surface area contributed by atoms with Crippen molar-refractivity contribution in [1.82, 2.24) is 15.5 Å². The molecule has 2 atom stereocenters. The number of terminal acetylenes is 1. The lowest BCUT2D eigenvalue weighted by Gasteiger charge is -2.42. The Bertz CT molecular complexity index is 891. The molecule has 0 saturated heterocycles. The molecule has 0 aliphatic rings. The highest BCUT2D eigenvalue weighted by Crippen LogP contribution is 2.30. The van der Waals surface area contributed by atoms with Crippen LogP contribution in [0.3, 0.4) is 0 Å². The average Bonchev–Trinajstić information content (AvgIpc) is 2.76. The van der Waals surface area contributed by atoms with Crippen molar-refractivity contribution in [3.63, 3.8) is 0 Å². The van der Waals surface area contributed by atoms with E-state index in [1.54, 1.807) is 65.8 Å². The Hall–Kier alpha value is -3.05. The molecule has 1 aromatic carbocycles. The monoisotopic (exact) mass is 487 g/mol. The largest absolute Gasteiger partial charge is 0.444 e. The molecular weight excluding hydrogens is 446 g/mol. The molecule has 0 saturated carbocycles. The predicted octanol–water partition coefficient (Wildman–Crippen LogP) is 3.53. The molecule has 0 radical (unpaired) electrons. The van der Waals surface area contributed by atoms with Crippen molar-refractivity contribution < 1.29 is 24.2 Å². The maximum absolute atomic E-state index is 13.7. The summed E-state index contributed by atoms with van der Waals surface area (Å²) >= 11 is 0. The zero-order valence-corrected chi connectivity index (χ0v) is 22.1. The molecule has 1 rings (SSSR count). The van der Waals surface area contributed by atoms with Crippen LogP contribution in [0.2, 0.25) is 0 Å². The number of hydrogen-bond donors (Lipinski definition) is 3. The molecule has 0 bridgehead atoms. The summed E-state index contributed by atoms with van der Waals surface area (Å²) in [6.07, 6.45) is 7.44. The fraction of sp³-hybridized carbons (Fsp3) is 0.593. The Balaban J connectivity index is 3.41. The van der Waals surface area contributed by atoms with Crippen molar-refractivity contribution in [2.24, 2.45) is 0 Å². The number of amides is 3. The predicted molar refractivity (Wildman–Crippen MR) is 136 cm³/mol. The summed E-state index contributed by atoms with van der Waals surface area (Å²) in [5, 5.41) is 15.3. The number of carbonyl (C=O) groups is 3. The van der Waals surface area contributed by atoms with E-state index in [1.807, 2.05) is 0 Å². The molecule has 0 aromatic heterocycles. The minimum Gasteiger partial charge on any atom is -0.444 e. The Labute approximate surface area is 209 Å². The van der Waals surface area contributed by atoms with Gasteiger partial charge < -0.3 is 25.4 Å². The summed E-state index contributed by atoms with van der Waals surface area (Å²) < 4.78 is 5.25. The molecule has 0 aliphatic carbocycles. The second-order valence-electron chi connectivity index (χ2n) is 10.4. The van der Waals surface area contributed by atoms with Crippen LogP contribution in [0.5, 0.6) is 0 Å². The number of carbonyl (C=O) groups excluding carboxylic acids is 3. The van der Waals surface area contributed by atoms with Crippen LogP contribution in [0.25, 0.3) is 0 Å². The lowest BCUT2D eigenvalue weighted by molar-refractivity contribution is -0.149. The van der Waals surface area contributed by atoms with Gasteiger partial charge in [0.2, 0.25) is 11.8 Å². The Morgan fingerprint density at radius 2 is 1.69 bits per heavy atom.